The number of hydrogen-bond acceptors (Lipinski definition) is 2. The summed E-state index contributed by atoms with van der Waals surface area (Å²) in [4.78, 5) is 11.9. The lowest BCUT2D eigenvalue weighted by Gasteiger charge is -2.20. The number of aryl methyl sites for hydroxylation is 1. The van der Waals surface area contributed by atoms with Crippen molar-refractivity contribution in [1.29, 1.82) is 0 Å². The third kappa shape index (κ3) is 3.17. The summed E-state index contributed by atoms with van der Waals surface area (Å²) in [7, 11) is 0. The van der Waals surface area contributed by atoms with Gasteiger partial charge in [-0.15, -0.1) is 0 Å². The van der Waals surface area contributed by atoms with Crippen LogP contribution in [-0.2, 0) is 11.3 Å². The second kappa shape index (κ2) is 5.76. The van der Waals surface area contributed by atoms with Gasteiger partial charge in [-0.2, -0.15) is 5.10 Å². The van der Waals surface area contributed by atoms with Gasteiger partial charge in [-0.3, -0.25) is 9.48 Å². The van der Waals surface area contributed by atoms with Gasteiger partial charge in [-0.05, 0) is 49.5 Å². The average Bonchev–Trinajstić information content (AvgIpc) is 3.11. The summed E-state index contributed by atoms with van der Waals surface area (Å²) in [6.45, 7) is 1.64. The van der Waals surface area contributed by atoms with Crippen molar-refractivity contribution in [1.82, 2.24) is 15.1 Å². The predicted molar refractivity (Wildman–Crippen MR) is 73.4 cm³/mol. The molecule has 4 nitrogen and oxygen atoms in total. The first kappa shape index (κ1) is 12.7. The molecule has 2 aliphatic carbocycles. The molecule has 2 aliphatic rings. The van der Waals surface area contributed by atoms with Crippen molar-refractivity contribution in [2.24, 2.45) is 17.8 Å². The zero-order valence-electron chi connectivity index (χ0n) is 11.4. The van der Waals surface area contributed by atoms with E-state index in [1.54, 1.807) is 6.20 Å². The van der Waals surface area contributed by atoms with E-state index in [1.807, 2.05) is 16.9 Å². The smallest absolute Gasteiger partial charge is 0.220 e. The van der Waals surface area contributed by atoms with Crippen LogP contribution < -0.4 is 5.32 Å². The lowest BCUT2D eigenvalue weighted by Crippen LogP contribution is -2.28. The van der Waals surface area contributed by atoms with Gasteiger partial charge >= 0.3 is 0 Å². The van der Waals surface area contributed by atoms with Crippen molar-refractivity contribution >= 4 is 5.91 Å². The Kier molecular flexibility index (Phi) is 3.85. The highest BCUT2D eigenvalue weighted by molar-refractivity contribution is 5.76. The van der Waals surface area contributed by atoms with E-state index in [9.17, 15) is 4.79 Å². The molecule has 4 heteroatoms. The molecule has 0 spiro atoms. The highest BCUT2D eigenvalue weighted by atomic mass is 16.1. The Balaban J connectivity index is 1.31. The van der Waals surface area contributed by atoms with Gasteiger partial charge in [0.2, 0.25) is 5.91 Å². The molecule has 19 heavy (non-hydrogen) atoms. The fraction of sp³-hybridized carbons (Fsp3) is 0.733. The Morgan fingerprint density at radius 2 is 2.32 bits per heavy atom. The van der Waals surface area contributed by atoms with Gasteiger partial charge in [-0.25, -0.2) is 0 Å². The maximum Gasteiger partial charge on any atom is 0.220 e. The summed E-state index contributed by atoms with van der Waals surface area (Å²) in [6, 6.07) is 1.92. The molecule has 0 aliphatic heterocycles. The van der Waals surface area contributed by atoms with Crippen LogP contribution in [0, 0.1) is 17.8 Å². The number of fused-ring (bicyclic) bond motifs is 2. The highest BCUT2D eigenvalue weighted by Gasteiger charge is 2.39. The number of nitrogens with zero attached hydrogens (tertiary/aromatic N) is 2. The minimum absolute atomic E-state index is 0.248. The molecular formula is C15H23N3O. The number of aromatic nitrogens is 2. The Morgan fingerprint density at radius 3 is 3.00 bits per heavy atom. The standard InChI is InChI=1S/C15H23N3O/c19-15(11-14-10-12-3-4-13(14)9-12)16-5-1-7-18-8-2-6-17-18/h2,6,8,12-14H,1,3-5,7,9-11H2,(H,16,19). The molecule has 3 atom stereocenters. The Morgan fingerprint density at radius 1 is 1.37 bits per heavy atom. The number of nitrogens with one attached hydrogen (secondary N) is 1. The number of carbonyl (C=O) groups excluding carboxylic acids is 1. The molecule has 0 radical (unpaired) electrons. The van der Waals surface area contributed by atoms with Crippen LogP contribution in [0.4, 0.5) is 0 Å². The van der Waals surface area contributed by atoms with Gasteiger partial charge in [0.05, 0.1) is 0 Å². The number of hydrogen-bond donors (Lipinski definition) is 1. The Hall–Kier alpha value is -1.32. The van der Waals surface area contributed by atoms with Crippen molar-refractivity contribution in [2.45, 2.75) is 45.1 Å². The first-order valence-corrected chi connectivity index (χ1v) is 7.55. The molecule has 1 heterocycles. The largest absolute Gasteiger partial charge is 0.356 e. The lowest BCUT2D eigenvalue weighted by atomic mass is 9.86. The zero-order chi connectivity index (χ0) is 13.1. The van der Waals surface area contributed by atoms with Crippen LogP contribution in [-0.4, -0.2) is 22.2 Å². The third-order valence-corrected chi connectivity index (χ3v) is 4.78. The summed E-state index contributed by atoms with van der Waals surface area (Å²) < 4.78 is 1.90. The van der Waals surface area contributed by atoms with Crippen LogP contribution in [0.15, 0.2) is 18.5 Å². The maximum atomic E-state index is 11.9. The van der Waals surface area contributed by atoms with Crippen molar-refractivity contribution in [2.75, 3.05) is 6.54 Å². The molecule has 2 bridgehead atoms. The van der Waals surface area contributed by atoms with Gasteiger partial charge in [0, 0.05) is 31.9 Å². The topological polar surface area (TPSA) is 46.9 Å². The minimum atomic E-state index is 0.248. The molecule has 1 N–H and O–H groups in total. The Bertz CT molecular complexity index is 415. The molecule has 2 fully saturated rings. The van der Waals surface area contributed by atoms with E-state index in [-0.39, 0.29) is 5.91 Å². The van der Waals surface area contributed by atoms with E-state index in [4.69, 9.17) is 0 Å². The Labute approximate surface area is 114 Å². The monoisotopic (exact) mass is 261 g/mol. The van der Waals surface area contributed by atoms with Gasteiger partial charge in [0.15, 0.2) is 0 Å². The quantitative estimate of drug-likeness (QED) is 0.798. The number of carbonyl (C=O) groups is 1. The van der Waals surface area contributed by atoms with Crippen molar-refractivity contribution < 1.29 is 4.79 Å². The third-order valence-electron chi connectivity index (χ3n) is 4.78. The molecule has 3 unspecified atom stereocenters. The zero-order valence-corrected chi connectivity index (χ0v) is 11.4. The van der Waals surface area contributed by atoms with Crippen molar-refractivity contribution in [3.8, 4) is 0 Å². The molecule has 0 aromatic carbocycles. The fourth-order valence-corrected chi connectivity index (χ4v) is 3.84. The summed E-state index contributed by atoms with van der Waals surface area (Å²) in [6.07, 6.45) is 10.9. The van der Waals surface area contributed by atoms with E-state index < -0.39 is 0 Å². The van der Waals surface area contributed by atoms with Gasteiger partial charge < -0.3 is 5.32 Å². The molecule has 2 saturated carbocycles. The van der Waals surface area contributed by atoms with E-state index >= 15 is 0 Å². The molecule has 1 aromatic heterocycles. The SMILES string of the molecule is O=C(CC1CC2CCC1C2)NCCCn1cccn1. The average molecular weight is 261 g/mol. The van der Waals surface area contributed by atoms with Crippen molar-refractivity contribution in [3.63, 3.8) is 0 Å². The van der Waals surface area contributed by atoms with Crippen LogP contribution in [0.3, 0.4) is 0 Å². The van der Waals surface area contributed by atoms with E-state index in [1.165, 1.54) is 25.7 Å². The van der Waals surface area contributed by atoms with Gasteiger partial charge in [-0.1, -0.05) is 6.42 Å². The lowest BCUT2D eigenvalue weighted by molar-refractivity contribution is -0.122. The first-order valence-electron chi connectivity index (χ1n) is 7.55. The molecule has 104 valence electrons. The van der Waals surface area contributed by atoms with Gasteiger partial charge in [0.1, 0.15) is 0 Å². The molecular weight excluding hydrogens is 238 g/mol. The summed E-state index contributed by atoms with van der Waals surface area (Å²) in [5.41, 5.74) is 0. The first-order chi connectivity index (χ1) is 9.31. The second-order valence-electron chi connectivity index (χ2n) is 6.11. The van der Waals surface area contributed by atoms with E-state index in [0.717, 1.165) is 37.8 Å². The van der Waals surface area contributed by atoms with Gasteiger partial charge in [0.25, 0.3) is 0 Å². The minimum Gasteiger partial charge on any atom is -0.356 e. The fourth-order valence-electron chi connectivity index (χ4n) is 3.84. The maximum absolute atomic E-state index is 11.9. The predicted octanol–water partition coefficient (Wildman–Crippen LogP) is 2.22. The van der Waals surface area contributed by atoms with Crippen LogP contribution in [0.2, 0.25) is 0 Å². The van der Waals surface area contributed by atoms with Crippen LogP contribution in [0.25, 0.3) is 0 Å². The normalized spacial score (nSPS) is 28.7. The van der Waals surface area contributed by atoms with E-state index in [2.05, 4.69) is 10.4 Å². The summed E-state index contributed by atoms with van der Waals surface area (Å²) >= 11 is 0. The summed E-state index contributed by atoms with van der Waals surface area (Å²) in [5.74, 6) is 2.70. The number of amides is 1. The molecule has 0 saturated heterocycles. The van der Waals surface area contributed by atoms with Crippen molar-refractivity contribution in [3.05, 3.63) is 18.5 Å². The van der Waals surface area contributed by atoms with Crippen LogP contribution >= 0.6 is 0 Å². The van der Waals surface area contributed by atoms with Crippen LogP contribution in [0.1, 0.15) is 38.5 Å². The molecule has 1 amide bonds. The molecule has 3 rings (SSSR count). The molecule has 1 aromatic rings. The van der Waals surface area contributed by atoms with Crippen LogP contribution in [0.5, 0.6) is 0 Å². The summed E-state index contributed by atoms with van der Waals surface area (Å²) in [5, 5.41) is 7.20. The second-order valence-corrected chi connectivity index (χ2v) is 6.11. The number of rotatable bonds is 6. The van der Waals surface area contributed by atoms with E-state index in [0.29, 0.717) is 5.92 Å². The highest BCUT2D eigenvalue weighted by Crippen LogP contribution is 2.49.